The molecule has 6 heteroatoms. The van der Waals surface area contributed by atoms with Crippen molar-refractivity contribution >= 4 is 28.8 Å². The van der Waals surface area contributed by atoms with Gasteiger partial charge in [-0.2, -0.15) is 0 Å². The third kappa shape index (κ3) is 4.98. The summed E-state index contributed by atoms with van der Waals surface area (Å²) < 4.78 is 0. The molecule has 2 aliphatic carbocycles. The maximum atomic E-state index is 6.54. The molecule has 1 aromatic carbocycles. The number of fused-ring (bicyclic) bond motifs is 1. The first-order chi connectivity index (χ1) is 16.0. The van der Waals surface area contributed by atoms with Crippen LogP contribution in [-0.4, -0.2) is 22.7 Å². The standard InChI is InChI=1S/C27H34ClN5/c1-4-17-10-13-20(14-11-18(17)5-2)32-27-31-16-19-12-15-23(29)24(25(19)33-27)26(30-3)21-8-6-7-9-22(21)28/h6-9,13,16-18H,4-5,10-12,14-15,29H2,1-3H3,(H,31,32,33). The molecule has 1 heterocycles. The molecule has 5 nitrogen and oxygen atoms in total. The highest BCUT2D eigenvalue weighted by atomic mass is 35.5. The Hall–Kier alpha value is -2.66. The largest absolute Gasteiger partial charge is 0.401 e. The van der Waals surface area contributed by atoms with Crippen molar-refractivity contribution in [3.8, 4) is 0 Å². The number of hydrogen-bond donors (Lipinski definition) is 2. The summed E-state index contributed by atoms with van der Waals surface area (Å²) in [7, 11) is 1.78. The van der Waals surface area contributed by atoms with Gasteiger partial charge in [-0.15, -0.1) is 0 Å². The minimum atomic E-state index is 0.616. The fraction of sp³-hybridized carbons (Fsp3) is 0.444. The van der Waals surface area contributed by atoms with Crippen LogP contribution in [0.1, 0.15) is 69.2 Å². The summed E-state index contributed by atoms with van der Waals surface area (Å²) >= 11 is 6.52. The molecule has 0 radical (unpaired) electrons. The van der Waals surface area contributed by atoms with Crippen molar-refractivity contribution < 1.29 is 0 Å². The molecule has 2 atom stereocenters. The second kappa shape index (κ2) is 10.5. The van der Waals surface area contributed by atoms with E-state index in [4.69, 9.17) is 22.3 Å². The summed E-state index contributed by atoms with van der Waals surface area (Å²) in [6.07, 6.45) is 11.7. The van der Waals surface area contributed by atoms with Gasteiger partial charge < -0.3 is 11.1 Å². The predicted octanol–water partition coefficient (Wildman–Crippen LogP) is 6.40. The van der Waals surface area contributed by atoms with Crippen LogP contribution in [0.4, 0.5) is 5.95 Å². The van der Waals surface area contributed by atoms with Crippen LogP contribution in [0.25, 0.3) is 5.57 Å². The van der Waals surface area contributed by atoms with E-state index in [1.165, 1.54) is 25.0 Å². The van der Waals surface area contributed by atoms with Gasteiger partial charge in [-0.3, -0.25) is 4.99 Å². The Morgan fingerprint density at radius 2 is 1.94 bits per heavy atom. The van der Waals surface area contributed by atoms with Crippen LogP contribution >= 0.6 is 11.6 Å². The van der Waals surface area contributed by atoms with Crippen LogP contribution in [0.5, 0.6) is 0 Å². The number of hydrogen-bond acceptors (Lipinski definition) is 5. The van der Waals surface area contributed by atoms with Crippen molar-refractivity contribution in [3.05, 3.63) is 69.8 Å². The normalized spacial score (nSPS) is 21.3. The lowest BCUT2D eigenvalue weighted by Crippen LogP contribution is -2.20. The van der Waals surface area contributed by atoms with E-state index < -0.39 is 0 Å². The summed E-state index contributed by atoms with van der Waals surface area (Å²) in [5.74, 6) is 2.15. The molecule has 0 saturated heterocycles. The van der Waals surface area contributed by atoms with Crippen LogP contribution in [-0.2, 0) is 6.42 Å². The number of nitrogens with two attached hydrogens (primary N) is 1. The smallest absolute Gasteiger partial charge is 0.227 e. The van der Waals surface area contributed by atoms with E-state index in [9.17, 15) is 0 Å². The molecule has 0 spiro atoms. The summed E-state index contributed by atoms with van der Waals surface area (Å²) in [4.78, 5) is 14.2. The molecule has 2 unspecified atom stereocenters. The summed E-state index contributed by atoms with van der Waals surface area (Å²) in [5, 5.41) is 4.16. The van der Waals surface area contributed by atoms with Crippen LogP contribution in [0.2, 0.25) is 5.02 Å². The van der Waals surface area contributed by atoms with E-state index in [-0.39, 0.29) is 0 Å². The summed E-state index contributed by atoms with van der Waals surface area (Å²) in [6, 6.07) is 7.74. The van der Waals surface area contributed by atoms with Crippen molar-refractivity contribution in [2.24, 2.45) is 22.6 Å². The van der Waals surface area contributed by atoms with Gasteiger partial charge in [0, 0.05) is 40.8 Å². The maximum Gasteiger partial charge on any atom is 0.227 e. The second-order valence-corrected chi connectivity index (χ2v) is 9.39. The van der Waals surface area contributed by atoms with E-state index in [1.54, 1.807) is 7.05 Å². The zero-order valence-corrected chi connectivity index (χ0v) is 20.6. The quantitative estimate of drug-likeness (QED) is 0.486. The van der Waals surface area contributed by atoms with Crippen molar-refractivity contribution in [1.82, 2.24) is 9.97 Å². The molecule has 3 N–H and O–H groups in total. The number of anilines is 1. The molecule has 0 fully saturated rings. The molecular weight excluding hydrogens is 430 g/mol. The van der Waals surface area contributed by atoms with Gasteiger partial charge in [0.15, 0.2) is 0 Å². The minimum Gasteiger partial charge on any atom is -0.401 e. The highest BCUT2D eigenvalue weighted by Crippen LogP contribution is 2.35. The Bertz CT molecular complexity index is 1100. The van der Waals surface area contributed by atoms with Crippen LogP contribution < -0.4 is 11.1 Å². The fourth-order valence-corrected chi connectivity index (χ4v) is 5.38. The molecule has 2 aromatic rings. The van der Waals surface area contributed by atoms with Crippen molar-refractivity contribution in [3.63, 3.8) is 0 Å². The zero-order valence-electron chi connectivity index (χ0n) is 19.9. The van der Waals surface area contributed by atoms with E-state index in [1.807, 2.05) is 30.5 Å². The van der Waals surface area contributed by atoms with Gasteiger partial charge in [0.05, 0.1) is 11.4 Å². The summed E-state index contributed by atoms with van der Waals surface area (Å²) in [6.45, 7) is 4.61. The van der Waals surface area contributed by atoms with E-state index in [0.717, 1.165) is 71.3 Å². The molecule has 33 heavy (non-hydrogen) atoms. The molecule has 1 aromatic heterocycles. The molecule has 0 aliphatic heterocycles. The van der Waals surface area contributed by atoms with Gasteiger partial charge in [-0.25, -0.2) is 9.97 Å². The number of allylic oxidation sites excluding steroid dienone is 4. The first-order valence-electron chi connectivity index (χ1n) is 12.1. The van der Waals surface area contributed by atoms with Gasteiger partial charge in [0.25, 0.3) is 0 Å². The van der Waals surface area contributed by atoms with Gasteiger partial charge in [0.1, 0.15) is 0 Å². The van der Waals surface area contributed by atoms with Crippen LogP contribution in [0.3, 0.4) is 0 Å². The van der Waals surface area contributed by atoms with Crippen molar-refractivity contribution in [2.45, 2.75) is 58.8 Å². The lowest BCUT2D eigenvalue weighted by Gasteiger charge is -2.23. The predicted molar refractivity (Wildman–Crippen MR) is 138 cm³/mol. The number of nitrogens with zero attached hydrogens (tertiary/aromatic N) is 3. The van der Waals surface area contributed by atoms with Crippen molar-refractivity contribution in [2.75, 3.05) is 12.4 Å². The number of nitrogens with one attached hydrogen (secondary N) is 1. The maximum absolute atomic E-state index is 6.54. The molecule has 4 rings (SSSR count). The van der Waals surface area contributed by atoms with E-state index in [0.29, 0.717) is 11.0 Å². The Balaban J connectivity index is 1.66. The highest BCUT2D eigenvalue weighted by molar-refractivity contribution is 6.40. The number of aromatic nitrogens is 2. The molecule has 0 bridgehead atoms. The average molecular weight is 464 g/mol. The highest BCUT2D eigenvalue weighted by Gasteiger charge is 2.26. The van der Waals surface area contributed by atoms with Crippen molar-refractivity contribution in [1.29, 1.82) is 0 Å². The van der Waals surface area contributed by atoms with Gasteiger partial charge in [-0.05, 0) is 55.6 Å². The average Bonchev–Trinajstić information content (AvgIpc) is 3.03. The Morgan fingerprint density at radius 1 is 1.15 bits per heavy atom. The van der Waals surface area contributed by atoms with Crippen LogP contribution in [0, 0.1) is 11.8 Å². The number of aliphatic imine (C=N–C) groups is 1. The molecule has 0 saturated carbocycles. The molecule has 2 aliphatic rings. The minimum absolute atomic E-state index is 0.616. The molecular formula is C27H34ClN5. The Kier molecular flexibility index (Phi) is 7.49. The number of benzene rings is 1. The van der Waals surface area contributed by atoms with E-state index in [2.05, 4.69) is 35.2 Å². The number of rotatable bonds is 6. The van der Waals surface area contributed by atoms with E-state index >= 15 is 0 Å². The lowest BCUT2D eigenvalue weighted by molar-refractivity contribution is 0.304. The molecule has 174 valence electrons. The first-order valence-corrected chi connectivity index (χ1v) is 12.5. The third-order valence-electron chi connectivity index (χ3n) is 7.11. The van der Waals surface area contributed by atoms with Gasteiger partial charge in [-0.1, -0.05) is 62.6 Å². The third-order valence-corrected chi connectivity index (χ3v) is 7.44. The topological polar surface area (TPSA) is 76.2 Å². The fourth-order valence-electron chi connectivity index (χ4n) is 5.16. The Morgan fingerprint density at radius 3 is 2.67 bits per heavy atom. The Labute approximate surface area is 202 Å². The van der Waals surface area contributed by atoms with Crippen LogP contribution in [0.15, 0.2) is 52.9 Å². The summed E-state index contributed by atoms with van der Waals surface area (Å²) in [5.41, 5.74) is 13.0. The second-order valence-electron chi connectivity index (χ2n) is 8.99. The molecule has 0 amide bonds. The number of aryl methyl sites for hydroxylation is 1. The lowest BCUT2D eigenvalue weighted by atomic mass is 9.84. The number of halogens is 1. The zero-order chi connectivity index (χ0) is 23.4. The monoisotopic (exact) mass is 463 g/mol. The SMILES string of the molecule is CCC1CC=C(Nc2ncc3c(n2)C(C(=NC)c2ccccc2Cl)=C(N)CC3)CCC1CC. The first kappa shape index (κ1) is 23.5. The van der Waals surface area contributed by atoms with Gasteiger partial charge >= 0.3 is 0 Å². The van der Waals surface area contributed by atoms with Gasteiger partial charge in [0.2, 0.25) is 5.95 Å².